The molecule has 0 aromatic carbocycles. The zero-order valence-corrected chi connectivity index (χ0v) is 14.9. The third-order valence-corrected chi connectivity index (χ3v) is 5.14. The fourth-order valence-electron chi connectivity index (χ4n) is 3.78. The molecule has 7 nitrogen and oxygen atoms in total. The van der Waals surface area contributed by atoms with Gasteiger partial charge in [-0.25, -0.2) is 0 Å². The number of hydrogen-bond acceptors (Lipinski definition) is 5. The molecular formula is C18H26N4O3. The first-order valence-corrected chi connectivity index (χ1v) is 8.79. The summed E-state index contributed by atoms with van der Waals surface area (Å²) in [4.78, 5) is 34.2. The first kappa shape index (κ1) is 17.8. The molecule has 0 saturated carbocycles. The molecule has 25 heavy (non-hydrogen) atoms. The summed E-state index contributed by atoms with van der Waals surface area (Å²) < 4.78 is 0. The van der Waals surface area contributed by atoms with E-state index in [0.717, 1.165) is 37.6 Å². The van der Waals surface area contributed by atoms with Crippen LogP contribution in [0.3, 0.4) is 0 Å². The van der Waals surface area contributed by atoms with Gasteiger partial charge in [0.1, 0.15) is 0 Å². The maximum atomic E-state index is 11.9. The second-order valence-corrected chi connectivity index (χ2v) is 7.11. The third kappa shape index (κ3) is 4.35. The Hall–Kier alpha value is -1.99. The van der Waals surface area contributed by atoms with Gasteiger partial charge in [-0.15, -0.1) is 0 Å². The summed E-state index contributed by atoms with van der Waals surface area (Å²) in [6, 6.07) is 6.22. The van der Waals surface area contributed by atoms with E-state index in [-0.39, 0.29) is 11.9 Å². The molecule has 3 rings (SSSR count). The van der Waals surface area contributed by atoms with E-state index in [9.17, 15) is 14.7 Å². The van der Waals surface area contributed by atoms with Gasteiger partial charge in [0, 0.05) is 64.5 Å². The van der Waals surface area contributed by atoms with Crippen molar-refractivity contribution in [2.75, 3.05) is 39.3 Å². The molecule has 1 aromatic rings. The Balaban J connectivity index is 1.70. The van der Waals surface area contributed by atoms with E-state index < -0.39 is 11.9 Å². The predicted molar refractivity (Wildman–Crippen MR) is 93.0 cm³/mol. The largest absolute Gasteiger partial charge is 0.481 e. The van der Waals surface area contributed by atoms with Gasteiger partial charge in [0.2, 0.25) is 5.91 Å². The summed E-state index contributed by atoms with van der Waals surface area (Å²) in [6.07, 6.45) is 0. The first-order chi connectivity index (χ1) is 11.9. The molecular weight excluding hydrogens is 320 g/mol. The van der Waals surface area contributed by atoms with Crippen LogP contribution in [0.5, 0.6) is 0 Å². The van der Waals surface area contributed by atoms with E-state index in [0.29, 0.717) is 19.6 Å². The predicted octanol–water partition coefficient (Wildman–Crippen LogP) is 0.439. The Bertz CT molecular complexity index is 651. The standard InChI is InChI=1S/C18H26N4O3/c1-13-4-3-5-16(19-13)10-20-6-7-21-8-15(18(24)25)9-22(14(2)23)12-17(21)11-20/h3-5,15,17H,6-12H2,1-2H3,(H,24,25)/t15-,17+/m1/s1. The fourth-order valence-corrected chi connectivity index (χ4v) is 3.78. The molecule has 0 aliphatic carbocycles. The molecule has 136 valence electrons. The Labute approximate surface area is 148 Å². The molecule has 7 heteroatoms. The molecule has 0 spiro atoms. The molecule has 2 saturated heterocycles. The van der Waals surface area contributed by atoms with Crippen LogP contribution in [0.1, 0.15) is 18.3 Å². The number of aliphatic carboxylic acids is 1. The number of fused-ring (bicyclic) bond motifs is 1. The van der Waals surface area contributed by atoms with Gasteiger partial charge >= 0.3 is 5.97 Å². The lowest BCUT2D eigenvalue weighted by Crippen LogP contribution is -2.55. The highest BCUT2D eigenvalue weighted by Gasteiger charge is 2.37. The molecule has 1 aromatic heterocycles. The number of aromatic nitrogens is 1. The third-order valence-electron chi connectivity index (χ3n) is 5.14. The number of piperazine rings is 1. The summed E-state index contributed by atoms with van der Waals surface area (Å²) in [6.45, 7) is 8.24. The van der Waals surface area contributed by atoms with E-state index >= 15 is 0 Å². The van der Waals surface area contributed by atoms with Crippen molar-refractivity contribution < 1.29 is 14.7 Å². The van der Waals surface area contributed by atoms with Crippen molar-refractivity contribution in [2.45, 2.75) is 26.4 Å². The van der Waals surface area contributed by atoms with Crippen LogP contribution in [0.2, 0.25) is 0 Å². The van der Waals surface area contributed by atoms with Gasteiger partial charge in [0.25, 0.3) is 0 Å². The zero-order chi connectivity index (χ0) is 18.0. The Morgan fingerprint density at radius 2 is 2.00 bits per heavy atom. The Kier molecular flexibility index (Phi) is 5.34. The van der Waals surface area contributed by atoms with Gasteiger partial charge in [0.15, 0.2) is 0 Å². The van der Waals surface area contributed by atoms with Crippen molar-refractivity contribution in [3.8, 4) is 0 Å². The van der Waals surface area contributed by atoms with Crippen LogP contribution in [0.4, 0.5) is 0 Å². The number of nitrogens with zero attached hydrogens (tertiary/aromatic N) is 4. The maximum Gasteiger partial charge on any atom is 0.309 e. The van der Waals surface area contributed by atoms with Crippen LogP contribution in [-0.2, 0) is 16.1 Å². The highest BCUT2D eigenvalue weighted by molar-refractivity contribution is 5.75. The number of pyridine rings is 1. The molecule has 2 aliphatic heterocycles. The second-order valence-electron chi connectivity index (χ2n) is 7.11. The van der Waals surface area contributed by atoms with Crippen LogP contribution in [0.15, 0.2) is 18.2 Å². The normalized spacial score (nSPS) is 25.3. The molecule has 2 aliphatic rings. The summed E-state index contributed by atoms with van der Waals surface area (Å²) in [5.41, 5.74) is 2.06. The van der Waals surface area contributed by atoms with Crippen molar-refractivity contribution in [2.24, 2.45) is 5.92 Å². The number of aryl methyl sites for hydroxylation is 1. The molecule has 1 amide bonds. The van der Waals surface area contributed by atoms with Crippen molar-refractivity contribution in [3.05, 3.63) is 29.6 Å². The molecule has 0 unspecified atom stereocenters. The lowest BCUT2D eigenvalue weighted by Gasteiger charge is -2.41. The average Bonchev–Trinajstić information content (AvgIpc) is 2.74. The molecule has 2 fully saturated rings. The van der Waals surface area contributed by atoms with Crippen molar-refractivity contribution in [1.29, 1.82) is 0 Å². The summed E-state index contributed by atoms with van der Waals surface area (Å²) in [5, 5.41) is 9.44. The maximum absolute atomic E-state index is 11.9. The number of hydrogen-bond donors (Lipinski definition) is 1. The SMILES string of the molecule is CC(=O)N1C[C@H](C(=O)O)CN2CCN(Cc3cccc(C)n3)C[C@H]2C1. The number of carboxylic acids is 1. The minimum atomic E-state index is -0.821. The van der Waals surface area contributed by atoms with E-state index in [1.807, 2.05) is 25.1 Å². The van der Waals surface area contributed by atoms with Crippen LogP contribution in [-0.4, -0.2) is 82.0 Å². The number of amides is 1. The smallest absolute Gasteiger partial charge is 0.309 e. The minimum absolute atomic E-state index is 0.0504. The lowest BCUT2D eigenvalue weighted by molar-refractivity contribution is -0.143. The summed E-state index contributed by atoms with van der Waals surface area (Å²) >= 11 is 0. The highest BCUT2D eigenvalue weighted by atomic mass is 16.4. The molecule has 3 heterocycles. The minimum Gasteiger partial charge on any atom is -0.481 e. The number of rotatable bonds is 3. The van der Waals surface area contributed by atoms with Gasteiger partial charge in [-0.3, -0.25) is 24.4 Å². The van der Waals surface area contributed by atoms with E-state index in [1.54, 1.807) is 4.90 Å². The quantitative estimate of drug-likeness (QED) is 0.856. The fraction of sp³-hybridized carbons (Fsp3) is 0.611. The molecule has 0 radical (unpaired) electrons. The Morgan fingerprint density at radius 3 is 2.68 bits per heavy atom. The van der Waals surface area contributed by atoms with Gasteiger partial charge in [-0.05, 0) is 19.1 Å². The molecule has 1 N–H and O–H groups in total. The average molecular weight is 346 g/mol. The second kappa shape index (κ2) is 7.49. The zero-order valence-electron chi connectivity index (χ0n) is 14.9. The van der Waals surface area contributed by atoms with Crippen LogP contribution < -0.4 is 0 Å². The van der Waals surface area contributed by atoms with E-state index in [4.69, 9.17) is 0 Å². The first-order valence-electron chi connectivity index (χ1n) is 8.79. The molecule has 0 bridgehead atoms. The number of carbonyl (C=O) groups is 2. The summed E-state index contributed by atoms with van der Waals surface area (Å²) in [7, 11) is 0. The summed E-state index contributed by atoms with van der Waals surface area (Å²) in [5.74, 6) is -1.39. The van der Waals surface area contributed by atoms with E-state index in [2.05, 4.69) is 14.8 Å². The topological polar surface area (TPSA) is 77.0 Å². The monoisotopic (exact) mass is 346 g/mol. The van der Waals surface area contributed by atoms with Crippen molar-refractivity contribution in [1.82, 2.24) is 19.7 Å². The van der Waals surface area contributed by atoms with Gasteiger partial charge < -0.3 is 10.0 Å². The molecule has 2 atom stereocenters. The van der Waals surface area contributed by atoms with Crippen LogP contribution >= 0.6 is 0 Å². The van der Waals surface area contributed by atoms with Crippen LogP contribution in [0, 0.1) is 12.8 Å². The van der Waals surface area contributed by atoms with Crippen molar-refractivity contribution in [3.63, 3.8) is 0 Å². The highest BCUT2D eigenvalue weighted by Crippen LogP contribution is 2.20. The van der Waals surface area contributed by atoms with Crippen LogP contribution in [0.25, 0.3) is 0 Å². The van der Waals surface area contributed by atoms with Gasteiger partial charge in [0.05, 0.1) is 11.6 Å². The number of carbonyl (C=O) groups excluding carboxylic acids is 1. The van der Waals surface area contributed by atoms with Gasteiger partial charge in [-0.2, -0.15) is 0 Å². The van der Waals surface area contributed by atoms with Crippen molar-refractivity contribution >= 4 is 11.9 Å². The number of carboxylic acid groups (broad SMARTS) is 1. The van der Waals surface area contributed by atoms with Gasteiger partial charge in [-0.1, -0.05) is 6.07 Å². The van der Waals surface area contributed by atoms with E-state index in [1.165, 1.54) is 6.92 Å². The Morgan fingerprint density at radius 1 is 1.20 bits per heavy atom. The lowest BCUT2D eigenvalue weighted by atomic mass is 10.1.